The van der Waals surface area contributed by atoms with Gasteiger partial charge in [0.2, 0.25) is 0 Å². The van der Waals surface area contributed by atoms with Crippen LogP contribution in [0, 0.1) is 0 Å². The lowest BCUT2D eigenvalue weighted by Gasteiger charge is -2.20. The number of rotatable bonds is 42. The molecule has 0 aliphatic heterocycles. The Balaban J connectivity index is 4.17. The van der Waals surface area contributed by atoms with E-state index in [1.165, 1.54) is 154 Å². The summed E-state index contributed by atoms with van der Waals surface area (Å²) in [5.74, 6) is -0.803. The molecule has 0 heterocycles. The van der Waals surface area contributed by atoms with Crippen molar-refractivity contribution in [2.24, 2.45) is 5.73 Å². The molecule has 0 aromatic heterocycles. The summed E-state index contributed by atoms with van der Waals surface area (Å²) in [5, 5.41) is 0. The second-order valence-corrected chi connectivity index (χ2v) is 16.4. The lowest BCUT2D eigenvalue weighted by atomic mass is 10.0. The van der Waals surface area contributed by atoms with Crippen molar-refractivity contribution in [1.82, 2.24) is 0 Å². The topological polar surface area (TPSA) is 134 Å². The average Bonchev–Trinajstić information content (AvgIpc) is 3.12. The molecule has 310 valence electrons. The van der Waals surface area contributed by atoms with Gasteiger partial charge in [-0.1, -0.05) is 194 Å². The van der Waals surface area contributed by atoms with E-state index in [9.17, 15) is 19.0 Å². The van der Waals surface area contributed by atoms with Gasteiger partial charge in [0.15, 0.2) is 6.10 Å². The van der Waals surface area contributed by atoms with Crippen LogP contribution in [0.1, 0.15) is 226 Å². The zero-order chi connectivity index (χ0) is 38.2. The fourth-order valence-corrected chi connectivity index (χ4v) is 7.17. The number of nitrogens with two attached hydrogens (primary N) is 1. The number of esters is 2. The largest absolute Gasteiger partial charge is 0.472 e. The van der Waals surface area contributed by atoms with Crippen molar-refractivity contribution in [1.29, 1.82) is 0 Å². The Bertz CT molecular complexity index is 830. The van der Waals surface area contributed by atoms with Gasteiger partial charge in [0, 0.05) is 12.8 Å². The number of ether oxygens (including phenoxy) is 2. The van der Waals surface area contributed by atoms with Gasteiger partial charge in [-0.25, -0.2) is 4.57 Å². The molecule has 0 rings (SSSR count). The summed E-state index contributed by atoms with van der Waals surface area (Å²) >= 11 is 0. The van der Waals surface area contributed by atoms with Crippen molar-refractivity contribution >= 4 is 19.8 Å². The molecule has 0 aromatic rings. The first-order valence-corrected chi connectivity index (χ1v) is 23.5. The van der Waals surface area contributed by atoms with Crippen molar-refractivity contribution in [2.75, 3.05) is 26.4 Å². The van der Waals surface area contributed by atoms with E-state index in [0.29, 0.717) is 25.8 Å². The van der Waals surface area contributed by atoms with Crippen LogP contribution in [0.2, 0.25) is 0 Å². The van der Waals surface area contributed by atoms with E-state index >= 15 is 0 Å². The molecule has 0 saturated carbocycles. The van der Waals surface area contributed by atoms with E-state index in [1.807, 2.05) is 0 Å². The Kier molecular flexibility index (Phi) is 38.9. The van der Waals surface area contributed by atoms with Crippen LogP contribution in [-0.2, 0) is 32.7 Å². The van der Waals surface area contributed by atoms with Gasteiger partial charge in [-0.05, 0) is 25.8 Å². The van der Waals surface area contributed by atoms with E-state index in [1.54, 1.807) is 0 Å². The van der Waals surface area contributed by atoms with Gasteiger partial charge in [0.05, 0.1) is 13.2 Å². The second kappa shape index (κ2) is 39.7. The van der Waals surface area contributed by atoms with Crippen LogP contribution in [-0.4, -0.2) is 49.3 Å². The maximum absolute atomic E-state index is 12.6. The van der Waals surface area contributed by atoms with E-state index in [0.717, 1.165) is 32.1 Å². The van der Waals surface area contributed by atoms with Gasteiger partial charge < -0.3 is 20.1 Å². The third-order valence-electron chi connectivity index (χ3n) is 9.72. The predicted molar refractivity (Wildman–Crippen MR) is 215 cm³/mol. The van der Waals surface area contributed by atoms with Gasteiger partial charge in [-0.15, -0.1) is 0 Å². The van der Waals surface area contributed by atoms with Crippen LogP contribution >= 0.6 is 7.82 Å². The molecule has 9 nitrogen and oxygen atoms in total. The van der Waals surface area contributed by atoms with Crippen LogP contribution in [0.25, 0.3) is 0 Å². The van der Waals surface area contributed by atoms with Crippen molar-refractivity contribution in [3.63, 3.8) is 0 Å². The summed E-state index contributed by atoms with van der Waals surface area (Å²) in [7, 11) is -4.35. The minimum atomic E-state index is -4.35. The fourth-order valence-electron chi connectivity index (χ4n) is 6.38. The Morgan fingerprint density at radius 2 is 0.846 bits per heavy atom. The summed E-state index contributed by atoms with van der Waals surface area (Å²) < 4.78 is 33.1. The lowest BCUT2D eigenvalue weighted by Crippen LogP contribution is -2.29. The molecule has 1 unspecified atom stereocenters. The van der Waals surface area contributed by atoms with Crippen molar-refractivity contribution in [3.8, 4) is 0 Å². The molecule has 0 aliphatic carbocycles. The Morgan fingerprint density at radius 3 is 1.21 bits per heavy atom. The average molecular weight is 762 g/mol. The van der Waals surface area contributed by atoms with Crippen molar-refractivity contribution in [2.45, 2.75) is 232 Å². The van der Waals surface area contributed by atoms with E-state index in [2.05, 4.69) is 13.8 Å². The number of hydrogen-bond donors (Lipinski definition) is 2. The van der Waals surface area contributed by atoms with Crippen LogP contribution in [0.3, 0.4) is 0 Å². The number of carbonyl (C=O) groups excluding carboxylic acids is 2. The normalized spacial score (nSPS) is 13.2. The quantitative estimate of drug-likeness (QED) is 0.0354. The first-order valence-electron chi connectivity index (χ1n) is 22.0. The smallest absolute Gasteiger partial charge is 0.462 e. The van der Waals surface area contributed by atoms with E-state index < -0.39 is 26.5 Å². The number of carbonyl (C=O) groups is 2. The standard InChI is InChI=1S/C42H84NO8P/c1-3-5-7-9-11-13-15-17-19-21-23-25-27-29-31-34-41(44)48-38-40(39-50-52(46,47)49-37-33-36-43)51-42(45)35-32-30-28-26-24-22-20-18-16-14-12-10-8-6-4-2/h40H,3-39,43H2,1-2H3,(H,46,47)/t40-/m1/s1. The molecule has 10 heteroatoms. The van der Waals surface area contributed by atoms with Crippen LogP contribution < -0.4 is 5.73 Å². The number of hydrogen-bond acceptors (Lipinski definition) is 8. The van der Waals surface area contributed by atoms with Gasteiger partial charge in [0.25, 0.3) is 0 Å². The molecule has 0 fully saturated rings. The highest BCUT2D eigenvalue weighted by Crippen LogP contribution is 2.43. The summed E-state index contributed by atoms with van der Waals surface area (Å²) in [6, 6.07) is 0. The lowest BCUT2D eigenvalue weighted by molar-refractivity contribution is -0.161. The van der Waals surface area contributed by atoms with E-state index in [-0.39, 0.29) is 25.6 Å². The molecular weight excluding hydrogens is 677 g/mol. The molecule has 0 bridgehead atoms. The zero-order valence-electron chi connectivity index (χ0n) is 34.1. The third-order valence-corrected chi connectivity index (χ3v) is 10.7. The Labute approximate surface area is 320 Å². The SMILES string of the molecule is CCCCCCCCCCCCCCCCCC(=O)OC[C@H](COP(=O)(O)OCCCN)OC(=O)CCCCCCCCCCCCCCCCC. The van der Waals surface area contributed by atoms with Crippen LogP contribution in [0.5, 0.6) is 0 Å². The number of unbranched alkanes of at least 4 members (excludes halogenated alkanes) is 28. The predicted octanol–water partition coefficient (Wildman–Crippen LogP) is 12.4. The highest BCUT2D eigenvalue weighted by Gasteiger charge is 2.26. The summed E-state index contributed by atoms with van der Waals surface area (Å²) in [5.41, 5.74) is 5.42. The van der Waals surface area contributed by atoms with Gasteiger partial charge in [0.1, 0.15) is 6.61 Å². The maximum Gasteiger partial charge on any atom is 0.472 e. The number of phosphoric ester groups is 1. The van der Waals surface area contributed by atoms with Crippen LogP contribution in [0.4, 0.5) is 0 Å². The Morgan fingerprint density at radius 1 is 0.500 bits per heavy atom. The highest BCUT2D eigenvalue weighted by atomic mass is 31.2. The Hall–Kier alpha value is -0.990. The molecule has 0 aliphatic rings. The maximum atomic E-state index is 12.6. The van der Waals surface area contributed by atoms with Crippen LogP contribution in [0.15, 0.2) is 0 Å². The first-order chi connectivity index (χ1) is 25.3. The third kappa shape index (κ3) is 38.7. The molecule has 2 atom stereocenters. The molecule has 0 aromatic carbocycles. The fraction of sp³-hybridized carbons (Fsp3) is 0.952. The molecule has 0 amide bonds. The van der Waals surface area contributed by atoms with Crippen molar-refractivity contribution in [3.05, 3.63) is 0 Å². The summed E-state index contributed by atoms with van der Waals surface area (Å²) in [6.07, 6.45) is 37.4. The molecule has 0 spiro atoms. The molecule has 3 N–H and O–H groups in total. The van der Waals surface area contributed by atoms with Gasteiger partial charge in [-0.2, -0.15) is 0 Å². The second-order valence-electron chi connectivity index (χ2n) is 14.9. The van der Waals surface area contributed by atoms with Gasteiger partial charge in [-0.3, -0.25) is 18.6 Å². The van der Waals surface area contributed by atoms with Gasteiger partial charge >= 0.3 is 19.8 Å². The summed E-state index contributed by atoms with van der Waals surface area (Å²) in [6.45, 7) is 4.17. The monoisotopic (exact) mass is 762 g/mol. The first kappa shape index (κ1) is 51.0. The summed E-state index contributed by atoms with van der Waals surface area (Å²) in [4.78, 5) is 35.0. The highest BCUT2D eigenvalue weighted by molar-refractivity contribution is 7.47. The van der Waals surface area contributed by atoms with E-state index in [4.69, 9.17) is 24.3 Å². The zero-order valence-corrected chi connectivity index (χ0v) is 35.0. The van der Waals surface area contributed by atoms with Crippen molar-refractivity contribution < 1.29 is 37.6 Å². The minimum Gasteiger partial charge on any atom is -0.462 e. The number of phosphoric acid groups is 1. The molecule has 52 heavy (non-hydrogen) atoms. The molecule has 0 saturated heterocycles. The molecular formula is C42H84NO8P. The minimum absolute atomic E-state index is 0.0256. The molecule has 0 radical (unpaired) electrons.